The van der Waals surface area contributed by atoms with Crippen molar-refractivity contribution in [3.63, 3.8) is 0 Å². The Labute approximate surface area is 109 Å². The Bertz CT molecular complexity index is 387. The zero-order valence-electron chi connectivity index (χ0n) is 12.0. The van der Waals surface area contributed by atoms with E-state index in [0.29, 0.717) is 6.42 Å². The molecule has 0 spiro atoms. The standard InChI is InChI=1S/C14H24N2O2/c1-6-14(5)12(18)16(13(4)7-8-13)10(9(2)3)11(17)15-14/h9-10H,6-8H2,1-5H3,(H,15,17). The number of piperazine rings is 1. The number of nitrogens with one attached hydrogen (secondary N) is 1. The lowest BCUT2D eigenvalue weighted by atomic mass is 9.87. The molecule has 2 fully saturated rings. The second-order valence-electron chi connectivity index (χ2n) is 6.54. The predicted molar refractivity (Wildman–Crippen MR) is 69.9 cm³/mol. The van der Waals surface area contributed by atoms with Crippen molar-refractivity contribution in [3.05, 3.63) is 0 Å². The molecule has 0 aromatic rings. The smallest absolute Gasteiger partial charge is 0.249 e. The Balaban J connectivity index is 2.40. The molecule has 1 saturated carbocycles. The van der Waals surface area contributed by atoms with Crippen LogP contribution in [0.15, 0.2) is 0 Å². The SMILES string of the molecule is CCC1(C)NC(=O)C(C(C)C)N(C2(C)CC2)C1=O. The summed E-state index contributed by atoms with van der Waals surface area (Å²) in [6.07, 6.45) is 2.65. The fourth-order valence-electron chi connectivity index (χ4n) is 2.75. The fourth-order valence-corrected chi connectivity index (χ4v) is 2.75. The van der Waals surface area contributed by atoms with Crippen LogP contribution in [0.1, 0.15) is 53.9 Å². The van der Waals surface area contributed by atoms with Gasteiger partial charge in [0.05, 0.1) is 0 Å². The van der Waals surface area contributed by atoms with Gasteiger partial charge in [0.25, 0.3) is 0 Å². The van der Waals surface area contributed by atoms with Gasteiger partial charge in [0.2, 0.25) is 11.8 Å². The Kier molecular flexibility index (Phi) is 2.95. The molecule has 1 saturated heterocycles. The van der Waals surface area contributed by atoms with Gasteiger partial charge in [0, 0.05) is 5.54 Å². The van der Waals surface area contributed by atoms with Gasteiger partial charge in [-0.25, -0.2) is 0 Å². The summed E-state index contributed by atoms with van der Waals surface area (Å²) in [5.41, 5.74) is -0.825. The third-order valence-corrected chi connectivity index (χ3v) is 4.53. The lowest BCUT2D eigenvalue weighted by Gasteiger charge is -2.48. The lowest BCUT2D eigenvalue weighted by molar-refractivity contribution is -0.160. The zero-order valence-corrected chi connectivity index (χ0v) is 12.0. The van der Waals surface area contributed by atoms with Gasteiger partial charge in [-0.05, 0) is 39.0 Å². The number of amides is 2. The first-order chi connectivity index (χ1) is 8.25. The number of carbonyl (C=O) groups excluding carboxylic acids is 2. The van der Waals surface area contributed by atoms with Crippen molar-refractivity contribution in [2.45, 2.75) is 71.0 Å². The molecule has 4 heteroatoms. The second-order valence-corrected chi connectivity index (χ2v) is 6.54. The predicted octanol–water partition coefficient (Wildman–Crippen LogP) is 1.69. The topological polar surface area (TPSA) is 49.4 Å². The van der Waals surface area contributed by atoms with Crippen LogP contribution in [0.2, 0.25) is 0 Å². The second kappa shape index (κ2) is 3.97. The molecule has 1 aliphatic carbocycles. The van der Waals surface area contributed by atoms with Crippen molar-refractivity contribution < 1.29 is 9.59 Å². The van der Waals surface area contributed by atoms with E-state index in [1.807, 2.05) is 32.6 Å². The molecule has 2 atom stereocenters. The maximum atomic E-state index is 12.7. The number of hydrogen-bond donors (Lipinski definition) is 1. The van der Waals surface area contributed by atoms with Gasteiger partial charge in [-0.15, -0.1) is 0 Å². The monoisotopic (exact) mass is 252 g/mol. The number of nitrogens with zero attached hydrogens (tertiary/aromatic N) is 1. The van der Waals surface area contributed by atoms with E-state index in [0.717, 1.165) is 12.8 Å². The summed E-state index contributed by atoms with van der Waals surface area (Å²) in [5.74, 6) is 0.234. The third-order valence-electron chi connectivity index (χ3n) is 4.53. The first kappa shape index (κ1) is 13.4. The van der Waals surface area contributed by atoms with Crippen molar-refractivity contribution >= 4 is 11.8 Å². The van der Waals surface area contributed by atoms with E-state index in [1.54, 1.807) is 0 Å². The van der Waals surface area contributed by atoms with Crippen LogP contribution in [0.3, 0.4) is 0 Å². The number of carbonyl (C=O) groups is 2. The third kappa shape index (κ3) is 1.82. The van der Waals surface area contributed by atoms with Crippen LogP contribution in [0.4, 0.5) is 0 Å². The van der Waals surface area contributed by atoms with Crippen LogP contribution in [-0.4, -0.2) is 33.8 Å². The van der Waals surface area contributed by atoms with Gasteiger partial charge in [-0.2, -0.15) is 0 Å². The summed E-state index contributed by atoms with van der Waals surface area (Å²) < 4.78 is 0. The molecule has 2 aliphatic rings. The molecule has 1 N–H and O–H groups in total. The molecule has 1 aliphatic heterocycles. The molecule has 0 aromatic heterocycles. The van der Waals surface area contributed by atoms with Gasteiger partial charge >= 0.3 is 0 Å². The average Bonchev–Trinajstić information content (AvgIpc) is 3.01. The highest BCUT2D eigenvalue weighted by molar-refractivity contribution is 6.00. The molecule has 2 rings (SSSR count). The van der Waals surface area contributed by atoms with E-state index in [9.17, 15) is 9.59 Å². The maximum Gasteiger partial charge on any atom is 0.249 e. The Hall–Kier alpha value is -1.06. The zero-order chi connectivity index (χ0) is 13.7. The maximum absolute atomic E-state index is 12.7. The molecule has 0 bridgehead atoms. The first-order valence-electron chi connectivity index (χ1n) is 6.91. The number of rotatable bonds is 3. The van der Waals surface area contributed by atoms with Gasteiger partial charge in [0.1, 0.15) is 11.6 Å². The van der Waals surface area contributed by atoms with Crippen molar-refractivity contribution in [1.29, 1.82) is 0 Å². The van der Waals surface area contributed by atoms with Crippen molar-refractivity contribution in [3.8, 4) is 0 Å². The van der Waals surface area contributed by atoms with Crippen LogP contribution in [0.25, 0.3) is 0 Å². The van der Waals surface area contributed by atoms with Crippen molar-refractivity contribution in [2.24, 2.45) is 5.92 Å². The van der Waals surface area contributed by atoms with Crippen molar-refractivity contribution in [2.75, 3.05) is 0 Å². The summed E-state index contributed by atoms with van der Waals surface area (Å²) in [6, 6.07) is -0.315. The molecule has 0 radical (unpaired) electrons. The van der Waals surface area contributed by atoms with E-state index in [1.165, 1.54) is 0 Å². The highest BCUT2D eigenvalue weighted by atomic mass is 16.2. The average molecular weight is 252 g/mol. The Morgan fingerprint density at radius 2 is 1.89 bits per heavy atom. The van der Waals surface area contributed by atoms with Crippen LogP contribution < -0.4 is 5.32 Å². The quantitative estimate of drug-likeness (QED) is 0.831. The first-order valence-corrected chi connectivity index (χ1v) is 6.91. The van der Waals surface area contributed by atoms with Gasteiger partial charge in [0.15, 0.2) is 0 Å². The molecule has 4 nitrogen and oxygen atoms in total. The van der Waals surface area contributed by atoms with Crippen LogP contribution in [0.5, 0.6) is 0 Å². The summed E-state index contributed by atoms with van der Waals surface area (Å²) in [5, 5.41) is 2.92. The lowest BCUT2D eigenvalue weighted by Crippen LogP contribution is -2.72. The van der Waals surface area contributed by atoms with Crippen LogP contribution >= 0.6 is 0 Å². The van der Waals surface area contributed by atoms with E-state index < -0.39 is 5.54 Å². The van der Waals surface area contributed by atoms with Gasteiger partial charge in [-0.1, -0.05) is 20.8 Å². The normalized spacial score (nSPS) is 34.8. The molecular weight excluding hydrogens is 228 g/mol. The summed E-state index contributed by atoms with van der Waals surface area (Å²) in [4.78, 5) is 26.9. The minimum absolute atomic E-state index is 0.00192. The molecular formula is C14H24N2O2. The van der Waals surface area contributed by atoms with Gasteiger partial charge < -0.3 is 10.2 Å². The highest BCUT2D eigenvalue weighted by Crippen LogP contribution is 2.45. The largest absolute Gasteiger partial charge is 0.340 e. The van der Waals surface area contributed by atoms with E-state index >= 15 is 0 Å². The summed E-state index contributed by atoms with van der Waals surface area (Å²) in [7, 11) is 0. The highest BCUT2D eigenvalue weighted by Gasteiger charge is 2.57. The number of hydrogen-bond acceptors (Lipinski definition) is 2. The van der Waals surface area contributed by atoms with E-state index in [-0.39, 0.29) is 29.3 Å². The van der Waals surface area contributed by atoms with Crippen molar-refractivity contribution in [1.82, 2.24) is 10.2 Å². The summed E-state index contributed by atoms with van der Waals surface area (Å²) >= 11 is 0. The molecule has 2 unspecified atom stereocenters. The minimum atomic E-state index is -0.728. The molecule has 0 aromatic carbocycles. The fraction of sp³-hybridized carbons (Fsp3) is 0.857. The summed E-state index contributed by atoms with van der Waals surface area (Å²) in [6.45, 7) is 9.88. The Morgan fingerprint density at radius 3 is 2.28 bits per heavy atom. The van der Waals surface area contributed by atoms with Gasteiger partial charge in [-0.3, -0.25) is 9.59 Å². The molecule has 102 valence electrons. The van der Waals surface area contributed by atoms with Crippen LogP contribution in [0, 0.1) is 5.92 Å². The van der Waals surface area contributed by atoms with Crippen LogP contribution in [-0.2, 0) is 9.59 Å². The van der Waals surface area contributed by atoms with E-state index in [4.69, 9.17) is 0 Å². The molecule has 1 heterocycles. The Morgan fingerprint density at radius 1 is 1.33 bits per heavy atom. The van der Waals surface area contributed by atoms with E-state index in [2.05, 4.69) is 12.2 Å². The minimum Gasteiger partial charge on any atom is -0.340 e. The molecule has 18 heavy (non-hydrogen) atoms. The molecule has 2 amide bonds.